The Kier molecular flexibility index (Phi) is 3.09. The van der Waals surface area contributed by atoms with Gasteiger partial charge in [0.25, 0.3) is 5.91 Å². The van der Waals surface area contributed by atoms with E-state index in [1.807, 2.05) is 13.8 Å². The Labute approximate surface area is 99.7 Å². The fourth-order valence-corrected chi connectivity index (χ4v) is 1.96. The Hall–Kier alpha value is -1.90. The summed E-state index contributed by atoms with van der Waals surface area (Å²) in [6.45, 7) is 5.45. The number of rotatable bonds is 2. The highest BCUT2D eigenvalue weighted by Crippen LogP contribution is 2.23. The van der Waals surface area contributed by atoms with Crippen LogP contribution in [0.3, 0.4) is 0 Å². The van der Waals surface area contributed by atoms with Gasteiger partial charge in [0.2, 0.25) is 11.5 Å². The third kappa shape index (κ3) is 2.13. The molecule has 0 spiro atoms. The second kappa shape index (κ2) is 4.53. The molecule has 1 fully saturated rings. The van der Waals surface area contributed by atoms with Crippen molar-refractivity contribution in [2.75, 3.05) is 13.1 Å². The number of carbonyl (C=O) groups is 1. The molecule has 6 heteroatoms. The highest BCUT2D eigenvalue weighted by atomic mass is 16.2. The van der Waals surface area contributed by atoms with Crippen molar-refractivity contribution >= 4 is 11.7 Å². The molecule has 2 rings (SSSR count). The zero-order chi connectivity index (χ0) is 12.4. The van der Waals surface area contributed by atoms with Crippen LogP contribution in [0.25, 0.3) is 4.98 Å². The van der Waals surface area contributed by atoms with Gasteiger partial charge in [-0.1, -0.05) is 13.8 Å². The SMILES string of the molecule is CC(C)c1nc([N+]#N)c(C(=O)N2CCCC2)[nH]1. The number of hydrogen-bond donors (Lipinski definition) is 1. The van der Waals surface area contributed by atoms with Crippen LogP contribution >= 0.6 is 0 Å². The first-order valence-electron chi connectivity index (χ1n) is 5.87. The molecule has 1 aromatic rings. The van der Waals surface area contributed by atoms with Crippen molar-refractivity contribution in [1.29, 1.82) is 5.39 Å². The lowest BCUT2D eigenvalue weighted by atomic mass is 10.2. The number of nitrogens with one attached hydrogen (secondary N) is 1. The zero-order valence-electron chi connectivity index (χ0n) is 10.1. The molecule has 1 aromatic heterocycles. The molecule has 0 atom stereocenters. The summed E-state index contributed by atoms with van der Waals surface area (Å²) in [6.07, 6.45) is 2.06. The van der Waals surface area contributed by atoms with Gasteiger partial charge in [-0.05, 0) is 17.8 Å². The summed E-state index contributed by atoms with van der Waals surface area (Å²) in [6, 6.07) is 0. The third-order valence-electron chi connectivity index (χ3n) is 2.95. The van der Waals surface area contributed by atoms with Crippen LogP contribution in [0, 0.1) is 5.39 Å². The van der Waals surface area contributed by atoms with E-state index in [0.717, 1.165) is 25.9 Å². The minimum Gasteiger partial charge on any atom is -0.337 e. The number of H-pyrrole nitrogens is 1. The van der Waals surface area contributed by atoms with Gasteiger partial charge in [-0.25, -0.2) is 0 Å². The maximum absolute atomic E-state index is 12.1. The van der Waals surface area contributed by atoms with Gasteiger partial charge in [-0.2, -0.15) is 0 Å². The van der Waals surface area contributed by atoms with Crippen molar-refractivity contribution in [3.8, 4) is 0 Å². The lowest BCUT2D eigenvalue weighted by molar-refractivity contribution is 0.0788. The monoisotopic (exact) mass is 234 g/mol. The predicted molar refractivity (Wildman–Crippen MR) is 62.6 cm³/mol. The van der Waals surface area contributed by atoms with Crippen LogP contribution in [-0.4, -0.2) is 33.9 Å². The van der Waals surface area contributed by atoms with Crippen molar-refractivity contribution in [2.24, 2.45) is 0 Å². The van der Waals surface area contributed by atoms with Gasteiger partial charge in [0.15, 0.2) is 0 Å². The quantitative estimate of drug-likeness (QED) is 0.797. The van der Waals surface area contributed by atoms with E-state index < -0.39 is 0 Å². The minimum atomic E-state index is -0.130. The van der Waals surface area contributed by atoms with Crippen LogP contribution in [0.1, 0.15) is 48.9 Å². The summed E-state index contributed by atoms with van der Waals surface area (Å²) in [5.41, 5.74) is 0.290. The molecule has 0 radical (unpaired) electrons. The Bertz CT molecular complexity index is 465. The van der Waals surface area contributed by atoms with Gasteiger partial charge in [-0.3, -0.25) is 4.79 Å². The number of amides is 1. The molecule has 1 aliphatic heterocycles. The summed E-state index contributed by atoms with van der Waals surface area (Å²) in [7, 11) is 0. The summed E-state index contributed by atoms with van der Waals surface area (Å²) in [4.78, 5) is 24.0. The van der Waals surface area contributed by atoms with Gasteiger partial charge in [0, 0.05) is 24.0 Å². The van der Waals surface area contributed by atoms with E-state index in [1.54, 1.807) is 4.90 Å². The molecule has 17 heavy (non-hydrogen) atoms. The van der Waals surface area contributed by atoms with Crippen LogP contribution in [0.4, 0.5) is 5.82 Å². The molecule has 1 aliphatic rings. The average molecular weight is 234 g/mol. The molecule has 0 saturated carbocycles. The Balaban J connectivity index is 2.30. The molecule has 2 heterocycles. The van der Waals surface area contributed by atoms with E-state index in [2.05, 4.69) is 14.9 Å². The number of aromatic nitrogens is 2. The zero-order valence-corrected chi connectivity index (χ0v) is 10.1. The van der Waals surface area contributed by atoms with Crippen molar-refractivity contribution in [2.45, 2.75) is 32.6 Å². The fourth-order valence-electron chi connectivity index (χ4n) is 1.96. The Morgan fingerprint density at radius 2 is 2.12 bits per heavy atom. The fraction of sp³-hybridized carbons (Fsp3) is 0.636. The minimum absolute atomic E-state index is 0.0885. The number of likely N-dealkylation sites (tertiary alicyclic amines) is 1. The Morgan fingerprint density at radius 3 is 2.65 bits per heavy atom. The van der Waals surface area contributed by atoms with Crippen LogP contribution in [0.2, 0.25) is 0 Å². The molecule has 1 saturated heterocycles. The van der Waals surface area contributed by atoms with E-state index in [1.165, 1.54) is 0 Å². The molecular formula is C11H16N5O+. The first-order valence-corrected chi connectivity index (χ1v) is 5.87. The van der Waals surface area contributed by atoms with Crippen molar-refractivity contribution in [3.63, 3.8) is 0 Å². The standard InChI is InChI=1S/C11H15N5O/c1-7(2)9-13-8(10(14-9)15-12)11(17)16-5-3-4-6-16/h7H,3-6H2,1-2H3/p+1. The second-order valence-electron chi connectivity index (χ2n) is 4.57. The topological polar surface area (TPSA) is 77.1 Å². The molecule has 6 nitrogen and oxygen atoms in total. The number of aromatic amines is 1. The second-order valence-corrected chi connectivity index (χ2v) is 4.57. The van der Waals surface area contributed by atoms with Crippen LogP contribution in [-0.2, 0) is 0 Å². The van der Waals surface area contributed by atoms with Gasteiger partial charge in [0.1, 0.15) is 0 Å². The maximum Gasteiger partial charge on any atom is 0.495 e. The van der Waals surface area contributed by atoms with E-state index >= 15 is 0 Å². The summed E-state index contributed by atoms with van der Waals surface area (Å²) in [5, 5.41) is 8.88. The number of nitrogens with zero attached hydrogens (tertiary/aromatic N) is 4. The predicted octanol–water partition coefficient (Wildman–Crippen LogP) is 2.25. The van der Waals surface area contributed by atoms with Crippen LogP contribution < -0.4 is 0 Å². The molecule has 1 N–H and O–H groups in total. The summed E-state index contributed by atoms with van der Waals surface area (Å²) >= 11 is 0. The Morgan fingerprint density at radius 1 is 1.47 bits per heavy atom. The molecule has 0 unspecified atom stereocenters. The smallest absolute Gasteiger partial charge is 0.337 e. The van der Waals surface area contributed by atoms with Gasteiger partial charge < -0.3 is 9.88 Å². The molecule has 0 bridgehead atoms. The summed E-state index contributed by atoms with van der Waals surface area (Å²) < 4.78 is 0. The lowest BCUT2D eigenvalue weighted by Crippen LogP contribution is -2.28. The number of carbonyl (C=O) groups excluding carboxylic acids is 1. The largest absolute Gasteiger partial charge is 0.495 e. The number of hydrogen-bond acceptors (Lipinski definition) is 3. The molecule has 0 aromatic carbocycles. The average Bonchev–Trinajstić information content (AvgIpc) is 2.97. The normalized spacial score (nSPS) is 15.3. The van der Waals surface area contributed by atoms with Crippen LogP contribution in [0.5, 0.6) is 0 Å². The van der Waals surface area contributed by atoms with E-state index in [4.69, 9.17) is 5.39 Å². The summed E-state index contributed by atoms with van der Waals surface area (Å²) in [5.74, 6) is 0.788. The lowest BCUT2D eigenvalue weighted by Gasteiger charge is -2.12. The molecule has 1 amide bonds. The highest BCUT2D eigenvalue weighted by Gasteiger charge is 2.32. The van der Waals surface area contributed by atoms with Gasteiger partial charge in [-0.15, -0.1) is 0 Å². The first kappa shape index (κ1) is 11.6. The number of imidazole rings is 1. The molecule has 90 valence electrons. The van der Waals surface area contributed by atoms with E-state index in [9.17, 15) is 4.79 Å². The number of diazo groups is 1. The third-order valence-corrected chi connectivity index (χ3v) is 2.95. The first-order chi connectivity index (χ1) is 8.13. The van der Waals surface area contributed by atoms with Crippen molar-refractivity contribution in [3.05, 3.63) is 16.5 Å². The van der Waals surface area contributed by atoms with E-state index in [-0.39, 0.29) is 23.3 Å². The maximum atomic E-state index is 12.1. The highest BCUT2D eigenvalue weighted by molar-refractivity contribution is 5.97. The van der Waals surface area contributed by atoms with Crippen molar-refractivity contribution < 1.29 is 4.79 Å². The van der Waals surface area contributed by atoms with Gasteiger partial charge >= 0.3 is 5.82 Å². The van der Waals surface area contributed by atoms with E-state index in [0.29, 0.717) is 5.82 Å². The van der Waals surface area contributed by atoms with Crippen molar-refractivity contribution in [1.82, 2.24) is 14.9 Å². The molecular weight excluding hydrogens is 218 g/mol. The van der Waals surface area contributed by atoms with Crippen LogP contribution in [0.15, 0.2) is 0 Å². The molecule has 0 aliphatic carbocycles. The van der Waals surface area contributed by atoms with Gasteiger partial charge in [0.05, 0.1) is 5.39 Å².